The zero-order valence-electron chi connectivity index (χ0n) is 15.6. The van der Waals surface area contributed by atoms with Crippen molar-refractivity contribution < 1.29 is 14.8 Å². The van der Waals surface area contributed by atoms with Gasteiger partial charge in [0, 0.05) is 0 Å². The van der Waals surface area contributed by atoms with Crippen LogP contribution < -0.4 is 4.90 Å². The van der Waals surface area contributed by atoms with Crippen molar-refractivity contribution in [2.45, 2.75) is 32.3 Å². The number of piperazine rings is 1. The second kappa shape index (κ2) is 8.80. The number of amides is 1. The summed E-state index contributed by atoms with van der Waals surface area (Å²) in [6.07, 6.45) is 0.677. The highest BCUT2D eigenvalue weighted by atomic mass is 32.1. The molecule has 4 nitrogen and oxygen atoms in total. The van der Waals surface area contributed by atoms with Crippen LogP contribution in [0, 0.1) is 0 Å². The number of carbonyl (C=O) groups is 1. The molecule has 2 heterocycles. The van der Waals surface area contributed by atoms with Crippen molar-refractivity contribution in [3.63, 3.8) is 0 Å². The minimum atomic E-state index is -0.449. The van der Waals surface area contributed by atoms with E-state index in [0.717, 1.165) is 43.0 Å². The molecule has 1 fully saturated rings. The van der Waals surface area contributed by atoms with Gasteiger partial charge in [-0.15, -0.1) is 11.3 Å². The maximum Gasteiger partial charge on any atom is 0.264 e. The number of quaternary nitrogens is 1. The maximum absolute atomic E-state index is 12.4. The lowest BCUT2D eigenvalue weighted by Crippen LogP contribution is -3.15. The van der Waals surface area contributed by atoms with Crippen LogP contribution in [0.3, 0.4) is 0 Å². The molecule has 26 heavy (non-hydrogen) atoms. The van der Waals surface area contributed by atoms with Crippen LogP contribution >= 0.6 is 11.3 Å². The second-order valence-corrected chi connectivity index (χ2v) is 8.16. The molecule has 0 spiro atoms. The first-order valence-corrected chi connectivity index (χ1v) is 10.4. The molecule has 0 aliphatic carbocycles. The molecule has 1 aromatic heterocycles. The largest absolute Gasteiger partial charge is 0.382 e. The van der Waals surface area contributed by atoms with Crippen molar-refractivity contribution in [2.24, 2.45) is 0 Å². The molecule has 140 valence electrons. The number of rotatable bonds is 6. The number of nitrogens with one attached hydrogen (secondary N) is 1. The average molecular weight is 374 g/mol. The van der Waals surface area contributed by atoms with Crippen LogP contribution in [0.4, 0.5) is 0 Å². The summed E-state index contributed by atoms with van der Waals surface area (Å²) < 4.78 is 0. The topological polar surface area (TPSA) is 45.0 Å². The van der Waals surface area contributed by atoms with Crippen molar-refractivity contribution in [2.75, 3.05) is 32.7 Å². The fourth-order valence-electron chi connectivity index (χ4n) is 3.46. The molecule has 1 aliphatic heterocycles. The Morgan fingerprint density at radius 2 is 1.85 bits per heavy atom. The first-order valence-electron chi connectivity index (χ1n) is 9.52. The van der Waals surface area contributed by atoms with Crippen molar-refractivity contribution >= 4 is 17.2 Å². The van der Waals surface area contributed by atoms with Gasteiger partial charge in [-0.05, 0) is 34.9 Å². The standard InChI is InChI=1S/C21H28N2O2S/c1-3-16(2)17-6-8-18(9-7-17)19(24)15-22-10-12-23(13-11-22)21(25)20-5-4-14-26-20/h4-9,14,16,19,24H,3,10-13,15H2,1-2H3/p+1/t16-,19-/m1/s1. The van der Waals surface area contributed by atoms with Crippen LogP contribution in [0.1, 0.15) is 53.1 Å². The zero-order chi connectivity index (χ0) is 18.5. The van der Waals surface area contributed by atoms with E-state index in [4.69, 9.17) is 0 Å². The second-order valence-electron chi connectivity index (χ2n) is 7.22. The fourth-order valence-corrected chi connectivity index (χ4v) is 4.15. The van der Waals surface area contributed by atoms with Crippen molar-refractivity contribution in [1.29, 1.82) is 0 Å². The van der Waals surface area contributed by atoms with E-state index in [0.29, 0.717) is 12.5 Å². The Labute approximate surface area is 160 Å². The van der Waals surface area contributed by atoms with Gasteiger partial charge in [-0.2, -0.15) is 0 Å². The summed E-state index contributed by atoms with van der Waals surface area (Å²) in [5.74, 6) is 0.695. The van der Waals surface area contributed by atoms with E-state index in [-0.39, 0.29) is 5.91 Å². The van der Waals surface area contributed by atoms with Gasteiger partial charge >= 0.3 is 0 Å². The summed E-state index contributed by atoms with van der Waals surface area (Å²) >= 11 is 1.50. The van der Waals surface area contributed by atoms with Crippen LogP contribution in [0.15, 0.2) is 41.8 Å². The lowest BCUT2D eigenvalue weighted by atomic mass is 9.96. The normalized spacial score (nSPS) is 17.9. The Hall–Kier alpha value is -1.69. The molecule has 0 bridgehead atoms. The number of thiophene rings is 1. The molecule has 1 aromatic carbocycles. The van der Waals surface area contributed by atoms with Crippen molar-refractivity contribution in [1.82, 2.24) is 4.90 Å². The molecule has 0 unspecified atom stereocenters. The smallest absolute Gasteiger partial charge is 0.264 e. The van der Waals surface area contributed by atoms with Gasteiger partial charge in [0.15, 0.2) is 0 Å². The van der Waals surface area contributed by atoms with Gasteiger partial charge in [-0.3, -0.25) is 4.79 Å². The van der Waals surface area contributed by atoms with Gasteiger partial charge in [0.05, 0.1) is 31.1 Å². The minimum absolute atomic E-state index is 0.139. The van der Waals surface area contributed by atoms with E-state index >= 15 is 0 Å². The number of hydrogen-bond donors (Lipinski definition) is 2. The summed E-state index contributed by atoms with van der Waals surface area (Å²) in [6, 6.07) is 12.2. The first-order chi connectivity index (χ1) is 12.6. The van der Waals surface area contributed by atoms with Crippen LogP contribution in [-0.4, -0.2) is 48.6 Å². The molecular formula is C21H29N2O2S+. The Bertz CT molecular complexity index is 691. The van der Waals surface area contributed by atoms with E-state index in [1.54, 1.807) is 0 Å². The van der Waals surface area contributed by atoms with E-state index in [9.17, 15) is 9.90 Å². The van der Waals surface area contributed by atoms with E-state index in [1.807, 2.05) is 22.4 Å². The molecular weight excluding hydrogens is 344 g/mol. The van der Waals surface area contributed by atoms with Crippen LogP contribution in [0.25, 0.3) is 0 Å². The summed E-state index contributed by atoms with van der Waals surface area (Å²) in [5.41, 5.74) is 2.32. The molecule has 0 saturated carbocycles. The van der Waals surface area contributed by atoms with Gasteiger partial charge in [-0.1, -0.05) is 44.2 Å². The number of benzene rings is 1. The van der Waals surface area contributed by atoms with E-state index in [2.05, 4.69) is 38.1 Å². The molecule has 2 aromatic rings. The summed E-state index contributed by atoms with van der Waals surface area (Å²) in [5, 5.41) is 12.5. The molecule has 1 amide bonds. The van der Waals surface area contributed by atoms with Crippen LogP contribution in [0.2, 0.25) is 0 Å². The predicted molar refractivity (Wildman–Crippen MR) is 106 cm³/mol. The molecule has 2 atom stereocenters. The van der Waals surface area contributed by atoms with Gasteiger partial charge in [-0.25, -0.2) is 0 Å². The molecule has 3 rings (SSSR count). The number of carbonyl (C=O) groups excluding carboxylic acids is 1. The molecule has 2 N–H and O–H groups in total. The van der Waals surface area contributed by atoms with Gasteiger partial charge < -0.3 is 14.9 Å². The Kier molecular flexibility index (Phi) is 6.46. The quantitative estimate of drug-likeness (QED) is 0.816. The summed E-state index contributed by atoms with van der Waals surface area (Å²) in [4.78, 5) is 16.5. The first kappa shape index (κ1) is 19.1. The van der Waals surface area contributed by atoms with E-state index < -0.39 is 6.10 Å². The molecule has 5 heteroatoms. The van der Waals surface area contributed by atoms with Gasteiger partial charge in [0.2, 0.25) is 0 Å². The number of aliphatic hydroxyl groups is 1. The lowest BCUT2D eigenvalue weighted by Gasteiger charge is -2.33. The van der Waals surface area contributed by atoms with Crippen molar-refractivity contribution in [3.8, 4) is 0 Å². The monoisotopic (exact) mass is 373 g/mol. The van der Waals surface area contributed by atoms with Crippen LogP contribution in [0.5, 0.6) is 0 Å². The SMILES string of the molecule is CC[C@@H](C)c1ccc([C@H](O)C[NH+]2CCN(C(=O)c3cccs3)CC2)cc1. The lowest BCUT2D eigenvalue weighted by molar-refractivity contribution is -0.907. The van der Waals surface area contributed by atoms with Gasteiger partial charge in [0.25, 0.3) is 5.91 Å². The number of aliphatic hydroxyl groups excluding tert-OH is 1. The number of nitrogens with zero attached hydrogens (tertiary/aromatic N) is 1. The highest BCUT2D eigenvalue weighted by molar-refractivity contribution is 7.12. The van der Waals surface area contributed by atoms with Crippen molar-refractivity contribution in [3.05, 3.63) is 57.8 Å². The minimum Gasteiger partial charge on any atom is -0.382 e. The van der Waals surface area contributed by atoms with Gasteiger partial charge in [0.1, 0.15) is 12.6 Å². The average Bonchev–Trinajstić information content (AvgIpc) is 3.22. The maximum atomic E-state index is 12.4. The molecule has 1 saturated heterocycles. The highest BCUT2D eigenvalue weighted by Crippen LogP contribution is 2.21. The third kappa shape index (κ3) is 4.53. The number of hydrogen-bond acceptors (Lipinski definition) is 3. The predicted octanol–water partition coefficient (Wildman–Crippen LogP) is 2.34. The fraction of sp³-hybridized carbons (Fsp3) is 0.476. The zero-order valence-corrected chi connectivity index (χ0v) is 16.5. The summed E-state index contributed by atoms with van der Waals surface area (Å²) in [7, 11) is 0. The summed E-state index contributed by atoms with van der Waals surface area (Å²) in [6.45, 7) is 8.41. The van der Waals surface area contributed by atoms with E-state index in [1.165, 1.54) is 21.8 Å². The molecule has 1 aliphatic rings. The molecule has 0 radical (unpaired) electrons. The highest BCUT2D eigenvalue weighted by Gasteiger charge is 2.26. The third-order valence-corrected chi connectivity index (χ3v) is 6.33. The Morgan fingerprint density at radius 1 is 1.19 bits per heavy atom. The van der Waals surface area contributed by atoms with Crippen LogP contribution in [-0.2, 0) is 0 Å². The third-order valence-electron chi connectivity index (χ3n) is 5.47. The Morgan fingerprint density at radius 3 is 2.42 bits per heavy atom. The Balaban J connectivity index is 1.50.